The molecule has 1 aromatic heterocycles. The van der Waals surface area contributed by atoms with Crippen LogP contribution in [0.15, 0.2) is 34.2 Å². The number of aryl methyl sites for hydroxylation is 2. The normalized spacial score (nSPS) is 11.2. The Balaban J connectivity index is 2.23. The Morgan fingerprint density at radius 3 is 2.28 bits per heavy atom. The first-order valence-corrected chi connectivity index (χ1v) is 6.87. The molecule has 0 amide bonds. The molecule has 1 aromatic carbocycles. The zero-order chi connectivity index (χ0) is 13.3. The third kappa shape index (κ3) is 2.53. The predicted octanol–water partition coefficient (Wildman–Crippen LogP) is 3.59. The van der Waals surface area contributed by atoms with Crippen molar-refractivity contribution in [2.75, 3.05) is 5.73 Å². The van der Waals surface area contributed by atoms with Gasteiger partial charge in [-0.05, 0) is 30.5 Å². The number of hydrogen-bond acceptors (Lipinski definition) is 3. The van der Waals surface area contributed by atoms with Crippen molar-refractivity contribution in [3.05, 3.63) is 35.5 Å². The van der Waals surface area contributed by atoms with Gasteiger partial charge in [-0.3, -0.25) is 4.68 Å². The zero-order valence-electron chi connectivity index (χ0n) is 11.3. The molecule has 96 valence electrons. The second-order valence-electron chi connectivity index (χ2n) is 4.75. The first-order valence-electron chi connectivity index (χ1n) is 6.06. The third-order valence-electron chi connectivity index (χ3n) is 2.98. The Kier molecular flexibility index (Phi) is 3.66. The molecule has 18 heavy (non-hydrogen) atoms. The van der Waals surface area contributed by atoms with Gasteiger partial charge in [0, 0.05) is 11.9 Å². The van der Waals surface area contributed by atoms with Crippen molar-refractivity contribution in [2.45, 2.75) is 36.6 Å². The topological polar surface area (TPSA) is 43.8 Å². The molecule has 2 aromatic rings. The van der Waals surface area contributed by atoms with Crippen molar-refractivity contribution in [2.24, 2.45) is 7.05 Å². The van der Waals surface area contributed by atoms with Crippen molar-refractivity contribution >= 4 is 17.4 Å². The van der Waals surface area contributed by atoms with Crippen LogP contribution in [-0.2, 0) is 7.05 Å². The molecule has 0 saturated heterocycles. The summed E-state index contributed by atoms with van der Waals surface area (Å²) in [6.07, 6.45) is 0. The van der Waals surface area contributed by atoms with Gasteiger partial charge in [0.2, 0.25) is 0 Å². The maximum Gasteiger partial charge on any atom is 0.122 e. The maximum absolute atomic E-state index is 6.03. The minimum atomic E-state index is 0.563. The van der Waals surface area contributed by atoms with E-state index in [2.05, 4.69) is 43.2 Å². The molecule has 1 heterocycles. The molecular weight excluding hydrogens is 242 g/mol. The fraction of sp³-hybridized carbons (Fsp3) is 0.357. The van der Waals surface area contributed by atoms with Gasteiger partial charge in [0.15, 0.2) is 0 Å². The Morgan fingerprint density at radius 2 is 1.83 bits per heavy atom. The molecule has 0 spiro atoms. The van der Waals surface area contributed by atoms with Gasteiger partial charge in [0.1, 0.15) is 5.03 Å². The summed E-state index contributed by atoms with van der Waals surface area (Å²) in [5.41, 5.74) is 9.04. The van der Waals surface area contributed by atoms with Crippen LogP contribution in [0.4, 0.5) is 5.69 Å². The fourth-order valence-corrected chi connectivity index (χ4v) is 2.73. The van der Waals surface area contributed by atoms with Crippen molar-refractivity contribution in [1.82, 2.24) is 9.78 Å². The highest BCUT2D eigenvalue weighted by Gasteiger charge is 2.11. The highest BCUT2D eigenvalue weighted by atomic mass is 32.2. The van der Waals surface area contributed by atoms with Gasteiger partial charge in [-0.1, -0.05) is 37.7 Å². The van der Waals surface area contributed by atoms with Crippen LogP contribution in [0.25, 0.3) is 0 Å². The van der Waals surface area contributed by atoms with Crippen LogP contribution in [0.2, 0.25) is 0 Å². The average molecular weight is 261 g/mol. The van der Waals surface area contributed by atoms with E-state index in [1.807, 2.05) is 18.7 Å². The first kappa shape index (κ1) is 13.0. The van der Waals surface area contributed by atoms with Crippen molar-refractivity contribution in [3.63, 3.8) is 0 Å². The average Bonchev–Trinajstić information content (AvgIpc) is 2.57. The summed E-state index contributed by atoms with van der Waals surface area (Å²) in [6.45, 7) is 6.33. The van der Waals surface area contributed by atoms with Crippen molar-refractivity contribution in [3.8, 4) is 0 Å². The number of nitrogen functional groups attached to an aromatic ring is 1. The number of nitrogens with zero attached hydrogens (tertiary/aromatic N) is 2. The molecule has 0 saturated carbocycles. The molecule has 3 nitrogen and oxygen atoms in total. The summed E-state index contributed by atoms with van der Waals surface area (Å²) in [7, 11) is 1.92. The smallest absolute Gasteiger partial charge is 0.122 e. The van der Waals surface area contributed by atoms with Crippen LogP contribution < -0.4 is 5.73 Å². The van der Waals surface area contributed by atoms with E-state index in [-0.39, 0.29) is 0 Å². The van der Waals surface area contributed by atoms with Crippen LogP contribution >= 0.6 is 11.8 Å². The number of benzene rings is 1. The number of hydrogen-bond donors (Lipinski definition) is 1. The Hall–Kier alpha value is -1.42. The van der Waals surface area contributed by atoms with E-state index in [1.165, 1.54) is 10.5 Å². The van der Waals surface area contributed by atoms with Gasteiger partial charge < -0.3 is 5.73 Å². The van der Waals surface area contributed by atoms with Gasteiger partial charge in [-0.15, -0.1) is 0 Å². The standard InChI is InChI=1S/C14H19N3S/c1-9(2)11-5-7-12(8-6-11)18-14-13(15)10(3)16-17(14)4/h5-9H,15H2,1-4H3. The Labute approximate surface area is 112 Å². The van der Waals surface area contributed by atoms with Gasteiger partial charge in [0.05, 0.1) is 11.4 Å². The quantitative estimate of drug-likeness (QED) is 0.918. The van der Waals surface area contributed by atoms with Crippen LogP contribution in [0, 0.1) is 6.92 Å². The molecule has 0 atom stereocenters. The summed E-state index contributed by atoms with van der Waals surface area (Å²) in [5, 5.41) is 5.33. The number of rotatable bonds is 3. The molecule has 2 rings (SSSR count). The third-order valence-corrected chi connectivity index (χ3v) is 4.16. The molecule has 0 aliphatic heterocycles. The largest absolute Gasteiger partial charge is 0.395 e. The second-order valence-corrected chi connectivity index (χ2v) is 5.82. The highest BCUT2D eigenvalue weighted by molar-refractivity contribution is 7.99. The molecule has 0 aliphatic carbocycles. The molecule has 0 aliphatic rings. The molecule has 0 bridgehead atoms. The van der Waals surface area contributed by atoms with Crippen molar-refractivity contribution < 1.29 is 0 Å². The summed E-state index contributed by atoms with van der Waals surface area (Å²) >= 11 is 1.66. The number of aromatic nitrogens is 2. The van der Waals surface area contributed by atoms with E-state index in [4.69, 9.17) is 5.73 Å². The maximum atomic E-state index is 6.03. The lowest BCUT2D eigenvalue weighted by Crippen LogP contribution is -1.94. The van der Waals surface area contributed by atoms with Gasteiger partial charge >= 0.3 is 0 Å². The first-order chi connectivity index (χ1) is 8.49. The fourth-order valence-electron chi connectivity index (χ4n) is 1.81. The molecule has 4 heteroatoms. The van der Waals surface area contributed by atoms with Crippen LogP contribution in [0.5, 0.6) is 0 Å². The van der Waals surface area contributed by atoms with E-state index in [1.54, 1.807) is 11.8 Å². The minimum absolute atomic E-state index is 0.563. The lowest BCUT2D eigenvalue weighted by atomic mass is 10.0. The monoisotopic (exact) mass is 261 g/mol. The van der Waals surface area contributed by atoms with E-state index in [9.17, 15) is 0 Å². The van der Waals surface area contributed by atoms with Gasteiger partial charge in [0.25, 0.3) is 0 Å². The Morgan fingerprint density at radius 1 is 1.22 bits per heavy atom. The predicted molar refractivity (Wildman–Crippen MR) is 77.0 cm³/mol. The second kappa shape index (κ2) is 5.06. The zero-order valence-corrected chi connectivity index (χ0v) is 12.1. The van der Waals surface area contributed by atoms with Crippen LogP contribution in [0.3, 0.4) is 0 Å². The molecule has 0 radical (unpaired) electrons. The van der Waals surface area contributed by atoms with E-state index >= 15 is 0 Å². The van der Waals surface area contributed by atoms with Gasteiger partial charge in [-0.2, -0.15) is 5.10 Å². The number of nitrogens with two attached hydrogens (primary N) is 1. The van der Waals surface area contributed by atoms with E-state index < -0.39 is 0 Å². The summed E-state index contributed by atoms with van der Waals surface area (Å²) < 4.78 is 1.84. The lowest BCUT2D eigenvalue weighted by molar-refractivity contribution is 0.693. The molecule has 0 unspecified atom stereocenters. The van der Waals surface area contributed by atoms with E-state index in [0.717, 1.165) is 16.4 Å². The lowest BCUT2D eigenvalue weighted by Gasteiger charge is -2.07. The van der Waals surface area contributed by atoms with E-state index in [0.29, 0.717) is 5.92 Å². The summed E-state index contributed by atoms with van der Waals surface area (Å²) in [5.74, 6) is 0.563. The summed E-state index contributed by atoms with van der Waals surface area (Å²) in [4.78, 5) is 1.19. The molecule has 0 fully saturated rings. The molecular formula is C14H19N3S. The van der Waals surface area contributed by atoms with Crippen LogP contribution in [0.1, 0.15) is 31.0 Å². The minimum Gasteiger partial charge on any atom is -0.395 e. The highest BCUT2D eigenvalue weighted by Crippen LogP contribution is 2.33. The van der Waals surface area contributed by atoms with Crippen LogP contribution in [-0.4, -0.2) is 9.78 Å². The van der Waals surface area contributed by atoms with Gasteiger partial charge in [-0.25, -0.2) is 0 Å². The Bertz CT molecular complexity index is 541. The van der Waals surface area contributed by atoms with Crippen molar-refractivity contribution in [1.29, 1.82) is 0 Å². The SMILES string of the molecule is Cc1nn(C)c(Sc2ccc(C(C)C)cc2)c1N. The number of anilines is 1. The summed E-state index contributed by atoms with van der Waals surface area (Å²) in [6, 6.07) is 8.63. The molecule has 2 N–H and O–H groups in total.